The Bertz CT molecular complexity index is 376. The van der Waals surface area contributed by atoms with Gasteiger partial charge in [0.1, 0.15) is 0 Å². The van der Waals surface area contributed by atoms with Crippen molar-refractivity contribution in [1.29, 1.82) is 0 Å². The first-order chi connectivity index (χ1) is 7.31. The third kappa shape index (κ3) is 2.13. The quantitative estimate of drug-likeness (QED) is 0.692. The van der Waals surface area contributed by atoms with Gasteiger partial charge in [0, 0.05) is 4.88 Å². The van der Waals surface area contributed by atoms with Crippen LogP contribution in [0, 0.1) is 0 Å². The predicted molar refractivity (Wildman–Crippen MR) is 73.7 cm³/mol. The normalized spacial score (nSPS) is 21.2. The molecule has 3 heteroatoms. The molecule has 1 aliphatic carbocycles. The number of hydrogen-bond acceptors (Lipinski definition) is 2. The maximum absolute atomic E-state index is 6.49. The highest BCUT2D eigenvalue weighted by atomic mass is 32.1. The maximum atomic E-state index is 6.49. The van der Waals surface area contributed by atoms with Crippen LogP contribution >= 0.6 is 11.3 Å². The van der Waals surface area contributed by atoms with Gasteiger partial charge in [-0.05, 0) is 48.0 Å². The van der Waals surface area contributed by atoms with E-state index in [2.05, 4.69) is 45.3 Å². The van der Waals surface area contributed by atoms with E-state index in [0.717, 1.165) is 0 Å². The molecule has 2 rings (SSSR count). The maximum Gasteiger partial charge on any atom is 0.192 e. The molecule has 0 saturated carbocycles. The van der Waals surface area contributed by atoms with Gasteiger partial charge in [-0.3, -0.25) is 0 Å². The van der Waals surface area contributed by atoms with Crippen molar-refractivity contribution in [3.05, 3.63) is 21.9 Å². The smallest absolute Gasteiger partial charge is 0.192 e. The summed E-state index contributed by atoms with van der Waals surface area (Å²) in [4.78, 5) is 1.55. The number of thiophene rings is 1. The lowest BCUT2D eigenvalue weighted by atomic mass is 10.2. The van der Waals surface area contributed by atoms with Gasteiger partial charge in [0.2, 0.25) is 0 Å². The molecule has 0 aliphatic heterocycles. The summed E-state index contributed by atoms with van der Waals surface area (Å²) < 4.78 is 6.49. The van der Waals surface area contributed by atoms with Crippen LogP contribution in [0.25, 0.3) is 0 Å². The second-order valence-electron chi connectivity index (χ2n) is 6.20. The summed E-state index contributed by atoms with van der Waals surface area (Å²) in [6, 6.07) is 2.25. The van der Waals surface area contributed by atoms with Crippen LogP contribution in [-0.4, -0.2) is 8.32 Å². The van der Waals surface area contributed by atoms with E-state index in [1.54, 1.807) is 4.88 Å². The van der Waals surface area contributed by atoms with Crippen LogP contribution in [0.4, 0.5) is 0 Å². The van der Waals surface area contributed by atoms with Crippen LogP contribution in [0.2, 0.25) is 18.1 Å². The Labute approximate surface area is 104 Å². The van der Waals surface area contributed by atoms with Gasteiger partial charge < -0.3 is 4.43 Å². The van der Waals surface area contributed by atoms with Crippen molar-refractivity contribution < 1.29 is 4.43 Å². The highest BCUT2D eigenvalue weighted by Gasteiger charge is 2.40. The topological polar surface area (TPSA) is 9.23 Å². The molecule has 1 heterocycles. The molecule has 1 nitrogen and oxygen atoms in total. The second kappa shape index (κ2) is 3.97. The summed E-state index contributed by atoms with van der Waals surface area (Å²) in [5.41, 5.74) is 1.47. The highest BCUT2D eigenvalue weighted by Crippen LogP contribution is 2.44. The first-order valence-electron chi connectivity index (χ1n) is 6.05. The third-order valence-electron chi connectivity index (χ3n) is 4.00. The van der Waals surface area contributed by atoms with Gasteiger partial charge in [-0.25, -0.2) is 0 Å². The predicted octanol–water partition coefficient (Wildman–Crippen LogP) is 4.76. The molecule has 0 bridgehead atoms. The fourth-order valence-corrected chi connectivity index (χ4v) is 4.17. The molecular weight excluding hydrogens is 232 g/mol. The molecule has 0 saturated heterocycles. The van der Waals surface area contributed by atoms with Crippen LogP contribution in [0.1, 0.15) is 43.7 Å². The Balaban J connectivity index is 2.13. The van der Waals surface area contributed by atoms with Gasteiger partial charge in [-0.1, -0.05) is 20.8 Å². The highest BCUT2D eigenvalue weighted by molar-refractivity contribution is 7.10. The van der Waals surface area contributed by atoms with E-state index in [0.29, 0.717) is 11.1 Å². The third-order valence-corrected chi connectivity index (χ3v) is 9.49. The average Bonchev–Trinajstić information content (AvgIpc) is 2.67. The fourth-order valence-electron chi connectivity index (χ4n) is 1.91. The molecule has 0 spiro atoms. The first kappa shape index (κ1) is 12.3. The van der Waals surface area contributed by atoms with Crippen molar-refractivity contribution >= 4 is 19.7 Å². The van der Waals surface area contributed by atoms with E-state index in [1.165, 1.54) is 18.4 Å². The lowest BCUT2D eigenvalue weighted by Gasteiger charge is -2.38. The Hall–Kier alpha value is -0.123. The lowest BCUT2D eigenvalue weighted by molar-refractivity contribution is 0.185. The summed E-state index contributed by atoms with van der Waals surface area (Å²) in [6.45, 7) is 11.6. The number of hydrogen-bond donors (Lipinski definition) is 0. The SMILES string of the molecule is CC(C)(C)[Si](C)(C)OC1CCc2sccc21. The second-order valence-corrected chi connectivity index (χ2v) is 12.0. The molecule has 1 atom stereocenters. The zero-order valence-electron chi connectivity index (χ0n) is 11.0. The standard InChI is InChI=1S/C13H22OSSi/c1-13(2,3)16(4,5)14-11-6-7-12-10(11)8-9-15-12/h8-9,11H,6-7H2,1-5H3. The molecular formula is C13H22OSSi. The summed E-state index contributed by atoms with van der Waals surface area (Å²) in [5, 5.41) is 2.51. The molecule has 0 fully saturated rings. The molecule has 1 aromatic heterocycles. The molecule has 0 amide bonds. The summed E-state index contributed by atoms with van der Waals surface area (Å²) in [6.07, 6.45) is 2.78. The van der Waals surface area contributed by atoms with Crippen molar-refractivity contribution in [1.82, 2.24) is 0 Å². The minimum absolute atomic E-state index is 0.311. The van der Waals surface area contributed by atoms with E-state index >= 15 is 0 Å². The van der Waals surface area contributed by atoms with Crippen molar-refractivity contribution in [3.63, 3.8) is 0 Å². The van der Waals surface area contributed by atoms with E-state index < -0.39 is 8.32 Å². The molecule has 1 unspecified atom stereocenters. The molecule has 0 radical (unpaired) electrons. The monoisotopic (exact) mass is 254 g/mol. The fraction of sp³-hybridized carbons (Fsp3) is 0.692. The number of aryl methyl sites for hydroxylation is 1. The van der Waals surface area contributed by atoms with Gasteiger partial charge >= 0.3 is 0 Å². The van der Waals surface area contributed by atoms with E-state index in [1.807, 2.05) is 11.3 Å². The average molecular weight is 254 g/mol. The van der Waals surface area contributed by atoms with Crippen molar-refractivity contribution in [3.8, 4) is 0 Å². The Morgan fingerprint density at radius 2 is 2.06 bits per heavy atom. The Kier molecular flexibility index (Phi) is 3.06. The van der Waals surface area contributed by atoms with Crippen molar-refractivity contribution in [2.45, 2.75) is 57.8 Å². The summed E-state index contributed by atoms with van der Waals surface area (Å²) in [7, 11) is -1.61. The minimum atomic E-state index is -1.61. The van der Waals surface area contributed by atoms with Crippen LogP contribution in [0.3, 0.4) is 0 Å². The Morgan fingerprint density at radius 3 is 2.69 bits per heavy atom. The number of fused-ring (bicyclic) bond motifs is 1. The summed E-state index contributed by atoms with van der Waals surface area (Å²) in [5.74, 6) is 0. The van der Waals surface area contributed by atoms with Crippen molar-refractivity contribution in [2.75, 3.05) is 0 Å². The van der Waals surface area contributed by atoms with E-state index in [4.69, 9.17) is 4.43 Å². The van der Waals surface area contributed by atoms with Gasteiger partial charge in [-0.15, -0.1) is 11.3 Å². The molecule has 1 aromatic rings. The first-order valence-corrected chi connectivity index (χ1v) is 9.84. The minimum Gasteiger partial charge on any atom is -0.410 e. The zero-order valence-corrected chi connectivity index (χ0v) is 12.8. The molecule has 90 valence electrons. The molecule has 1 aliphatic rings. The summed E-state index contributed by atoms with van der Waals surface area (Å²) >= 11 is 1.88. The molecule has 16 heavy (non-hydrogen) atoms. The lowest BCUT2D eigenvalue weighted by Crippen LogP contribution is -2.41. The zero-order chi connectivity index (χ0) is 12.0. The van der Waals surface area contributed by atoms with Gasteiger partial charge in [0.15, 0.2) is 8.32 Å². The molecule has 0 aromatic carbocycles. The Morgan fingerprint density at radius 1 is 1.38 bits per heavy atom. The molecule has 0 N–H and O–H groups in total. The van der Waals surface area contributed by atoms with Crippen LogP contribution in [0.15, 0.2) is 11.4 Å². The van der Waals surface area contributed by atoms with Gasteiger partial charge in [-0.2, -0.15) is 0 Å². The van der Waals surface area contributed by atoms with Crippen molar-refractivity contribution in [2.24, 2.45) is 0 Å². The van der Waals surface area contributed by atoms with Crippen LogP contribution < -0.4 is 0 Å². The van der Waals surface area contributed by atoms with Crippen LogP contribution in [-0.2, 0) is 10.8 Å². The number of rotatable bonds is 2. The van der Waals surface area contributed by atoms with Gasteiger partial charge in [0.25, 0.3) is 0 Å². The van der Waals surface area contributed by atoms with E-state index in [-0.39, 0.29) is 0 Å². The van der Waals surface area contributed by atoms with E-state index in [9.17, 15) is 0 Å². The van der Waals surface area contributed by atoms with Crippen LogP contribution in [0.5, 0.6) is 0 Å². The largest absolute Gasteiger partial charge is 0.410 e. The van der Waals surface area contributed by atoms with Gasteiger partial charge in [0.05, 0.1) is 6.10 Å².